The molecule has 0 aliphatic rings. The number of fused-ring (bicyclic) bond motifs is 1. The second kappa shape index (κ2) is 9.31. The molecule has 0 N–H and O–H groups in total. The minimum Gasteiger partial charge on any atom is -0.493 e. The predicted molar refractivity (Wildman–Crippen MR) is 131 cm³/mol. The highest BCUT2D eigenvalue weighted by atomic mass is 35.5. The SMILES string of the molecule is COc1ccc(C(=O)Cc2c(Cl)cncc2Cl)n2c(Cl)c(CO[Si](C)(C)C(C)(C)C)nc12. The molecule has 0 aliphatic heterocycles. The van der Waals surface area contributed by atoms with Crippen molar-refractivity contribution in [3.05, 3.63) is 56.7 Å². The number of rotatable bonds is 7. The van der Waals surface area contributed by atoms with Gasteiger partial charge in [-0.25, -0.2) is 4.98 Å². The van der Waals surface area contributed by atoms with Crippen LogP contribution in [0.25, 0.3) is 5.65 Å². The van der Waals surface area contributed by atoms with Crippen molar-refractivity contribution < 1.29 is 14.0 Å². The Morgan fingerprint density at radius 1 is 1.12 bits per heavy atom. The molecule has 0 fully saturated rings. The largest absolute Gasteiger partial charge is 0.493 e. The zero-order valence-electron chi connectivity index (χ0n) is 18.9. The molecular weight excluding hydrogens is 489 g/mol. The number of ether oxygens (including phenoxy) is 1. The zero-order valence-corrected chi connectivity index (χ0v) is 22.2. The van der Waals surface area contributed by atoms with Crippen LogP contribution in [-0.2, 0) is 17.5 Å². The summed E-state index contributed by atoms with van der Waals surface area (Å²) in [7, 11) is -0.478. The first-order valence-electron chi connectivity index (χ1n) is 10.1. The van der Waals surface area contributed by atoms with Gasteiger partial charge in [0.15, 0.2) is 25.5 Å². The van der Waals surface area contributed by atoms with E-state index in [1.54, 1.807) is 23.6 Å². The van der Waals surface area contributed by atoms with Crippen LogP contribution in [0.3, 0.4) is 0 Å². The standard InChI is InChI=1S/C22H26Cl3N3O3Si/c1-22(2,3)32(5,6)31-12-16-20(25)28-17(7-8-19(30-4)21(28)27-16)18(29)9-13-14(23)10-26-11-15(13)24/h7-8,10-11H,9,12H2,1-6H3. The van der Waals surface area contributed by atoms with Gasteiger partial charge in [0.05, 0.1) is 29.5 Å². The quantitative estimate of drug-likeness (QED) is 0.261. The molecule has 0 unspecified atom stereocenters. The molecule has 172 valence electrons. The summed E-state index contributed by atoms with van der Waals surface area (Å²) in [5.41, 5.74) is 1.86. The summed E-state index contributed by atoms with van der Waals surface area (Å²) in [6.45, 7) is 11.1. The molecule has 10 heteroatoms. The first-order valence-corrected chi connectivity index (χ1v) is 14.1. The van der Waals surface area contributed by atoms with E-state index in [1.165, 1.54) is 12.4 Å². The fourth-order valence-electron chi connectivity index (χ4n) is 2.93. The van der Waals surface area contributed by atoms with E-state index < -0.39 is 8.32 Å². The summed E-state index contributed by atoms with van der Waals surface area (Å²) in [6, 6.07) is 3.35. The van der Waals surface area contributed by atoms with Crippen LogP contribution < -0.4 is 4.74 Å². The lowest BCUT2D eigenvalue weighted by molar-refractivity contribution is 0.0987. The first-order chi connectivity index (χ1) is 14.9. The van der Waals surface area contributed by atoms with E-state index in [0.29, 0.717) is 43.5 Å². The van der Waals surface area contributed by atoms with E-state index in [9.17, 15) is 4.79 Å². The molecule has 0 bridgehead atoms. The van der Waals surface area contributed by atoms with Gasteiger partial charge < -0.3 is 9.16 Å². The fourth-order valence-corrected chi connectivity index (χ4v) is 4.62. The van der Waals surface area contributed by atoms with Gasteiger partial charge in [-0.15, -0.1) is 0 Å². The number of ketones is 1. The molecule has 3 rings (SSSR count). The van der Waals surface area contributed by atoms with Crippen molar-refractivity contribution in [3.8, 4) is 5.75 Å². The Labute approximate surface area is 203 Å². The number of Topliss-reactive ketones (excluding diaryl/α,β-unsaturated/α-hetero) is 1. The third-order valence-corrected chi connectivity index (χ3v) is 11.4. The second-order valence-electron chi connectivity index (χ2n) is 9.03. The van der Waals surface area contributed by atoms with Crippen molar-refractivity contribution in [1.29, 1.82) is 0 Å². The zero-order chi connectivity index (χ0) is 23.8. The minimum atomic E-state index is -2.02. The highest BCUT2D eigenvalue weighted by Gasteiger charge is 2.37. The van der Waals surface area contributed by atoms with Crippen LogP contribution in [0.1, 0.15) is 42.5 Å². The summed E-state index contributed by atoms with van der Waals surface area (Å²) >= 11 is 19.1. The Kier molecular flexibility index (Phi) is 7.27. The Morgan fingerprint density at radius 3 is 2.31 bits per heavy atom. The Morgan fingerprint density at radius 2 is 1.75 bits per heavy atom. The molecule has 3 aromatic heterocycles. The molecule has 0 aliphatic carbocycles. The van der Waals surface area contributed by atoms with Crippen molar-refractivity contribution in [2.24, 2.45) is 0 Å². The average Bonchev–Trinajstić information content (AvgIpc) is 3.04. The van der Waals surface area contributed by atoms with E-state index in [-0.39, 0.29) is 23.8 Å². The lowest BCUT2D eigenvalue weighted by Crippen LogP contribution is -2.40. The Bertz CT molecular complexity index is 1150. The van der Waals surface area contributed by atoms with Crippen LogP contribution in [0.5, 0.6) is 5.75 Å². The van der Waals surface area contributed by atoms with Crippen LogP contribution in [0, 0.1) is 0 Å². The number of halogens is 3. The average molecular weight is 515 g/mol. The van der Waals surface area contributed by atoms with Crippen LogP contribution in [0.2, 0.25) is 33.3 Å². The summed E-state index contributed by atoms with van der Waals surface area (Å²) in [5.74, 6) is 0.283. The molecular formula is C22H26Cl3N3O3Si. The molecule has 6 nitrogen and oxygen atoms in total. The van der Waals surface area contributed by atoms with Crippen LogP contribution >= 0.6 is 34.8 Å². The number of hydrogen-bond acceptors (Lipinski definition) is 5. The third kappa shape index (κ3) is 4.82. The maximum Gasteiger partial charge on any atom is 0.192 e. The van der Waals surface area contributed by atoms with Gasteiger partial charge in [0.2, 0.25) is 0 Å². The molecule has 0 saturated carbocycles. The van der Waals surface area contributed by atoms with Crippen molar-refractivity contribution >= 4 is 54.6 Å². The maximum atomic E-state index is 13.2. The van der Waals surface area contributed by atoms with Crippen LogP contribution in [0.4, 0.5) is 0 Å². The number of carbonyl (C=O) groups excluding carboxylic acids is 1. The van der Waals surface area contributed by atoms with Gasteiger partial charge >= 0.3 is 0 Å². The molecule has 0 amide bonds. The lowest BCUT2D eigenvalue weighted by Gasteiger charge is -2.35. The molecule has 0 radical (unpaired) electrons. The fraction of sp³-hybridized carbons (Fsp3) is 0.409. The molecule has 0 spiro atoms. The number of hydrogen-bond donors (Lipinski definition) is 0. The van der Waals surface area contributed by atoms with Gasteiger partial charge in [-0.2, -0.15) is 0 Å². The molecule has 3 heterocycles. The molecule has 0 aromatic carbocycles. The smallest absolute Gasteiger partial charge is 0.192 e. The third-order valence-electron chi connectivity index (χ3n) is 5.91. The first kappa shape index (κ1) is 25.0. The van der Waals surface area contributed by atoms with E-state index in [1.807, 2.05) is 0 Å². The molecule has 0 atom stereocenters. The van der Waals surface area contributed by atoms with Crippen LogP contribution in [0.15, 0.2) is 24.5 Å². The Balaban J connectivity index is 2.03. The monoisotopic (exact) mass is 513 g/mol. The lowest BCUT2D eigenvalue weighted by atomic mass is 10.1. The van der Waals surface area contributed by atoms with Gasteiger partial charge in [0.25, 0.3) is 0 Å². The predicted octanol–water partition coefficient (Wildman–Crippen LogP) is 6.65. The summed E-state index contributed by atoms with van der Waals surface area (Å²) in [4.78, 5) is 21.8. The highest BCUT2D eigenvalue weighted by Crippen LogP contribution is 2.38. The van der Waals surface area contributed by atoms with Gasteiger partial charge in [-0.1, -0.05) is 55.6 Å². The number of pyridine rings is 2. The summed E-state index contributed by atoms with van der Waals surface area (Å²) in [6.07, 6.45) is 2.91. The van der Waals surface area contributed by atoms with E-state index in [0.717, 1.165) is 0 Å². The van der Waals surface area contributed by atoms with Crippen molar-refractivity contribution in [2.75, 3.05) is 7.11 Å². The molecule has 32 heavy (non-hydrogen) atoms. The summed E-state index contributed by atoms with van der Waals surface area (Å²) < 4.78 is 13.3. The van der Waals surface area contributed by atoms with Crippen molar-refractivity contribution in [2.45, 2.75) is 51.9 Å². The number of carbonyl (C=O) groups is 1. The number of imidazole rings is 1. The van der Waals surface area contributed by atoms with E-state index >= 15 is 0 Å². The highest BCUT2D eigenvalue weighted by molar-refractivity contribution is 6.74. The van der Waals surface area contributed by atoms with Crippen LogP contribution in [-0.4, -0.2) is 35.6 Å². The van der Waals surface area contributed by atoms with E-state index in [4.69, 9.17) is 44.0 Å². The Hall–Kier alpha value is -1.64. The topological polar surface area (TPSA) is 65.7 Å². The van der Waals surface area contributed by atoms with Gasteiger partial charge in [-0.3, -0.25) is 14.2 Å². The maximum absolute atomic E-state index is 13.2. The summed E-state index contributed by atoms with van der Waals surface area (Å²) in [5, 5.41) is 1.01. The van der Waals surface area contributed by atoms with Gasteiger partial charge in [0.1, 0.15) is 10.8 Å². The number of methoxy groups -OCH3 is 1. The molecule has 3 aromatic rings. The second-order valence-corrected chi connectivity index (χ2v) is 15.0. The van der Waals surface area contributed by atoms with Crippen molar-refractivity contribution in [1.82, 2.24) is 14.4 Å². The van der Waals surface area contributed by atoms with Crippen molar-refractivity contribution in [3.63, 3.8) is 0 Å². The van der Waals surface area contributed by atoms with E-state index in [2.05, 4.69) is 43.8 Å². The minimum absolute atomic E-state index is 0.00801. The number of nitrogens with zero attached hydrogens (tertiary/aromatic N) is 3. The molecule has 0 saturated heterocycles. The normalized spacial score (nSPS) is 12.4. The number of aromatic nitrogens is 3. The van der Waals surface area contributed by atoms with Gasteiger partial charge in [-0.05, 0) is 30.3 Å². The van der Waals surface area contributed by atoms with Gasteiger partial charge in [0, 0.05) is 24.4 Å².